The van der Waals surface area contributed by atoms with Crippen LogP contribution in [0.25, 0.3) is 34.3 Å². The number of carboxylic acid groups (broad SMARTS) is 1. The van der Waals surface area contributed by atoms with Crippen molar-refractivity contribution in [2.75, 3.05) is 13.1 Å². The summed E-state index contributed by atoms with van der Waals surface area (Å²) in [5, 5.41) is 27.7. The normalized spacial score (nSPS) is 16.4. The van der Waals surface area contributed by atoms with Gasteiger partial charge in [-0.05, 0) is 12.0 Å². The van der Waals surface area contributed by atoms with Crippen molar-refractivity contribution >= 4 is 6.16 Å². The first kappa shape index (κ1) is 23.7. The highest BCUT2D eigenvalue weighted by molar-refractivity contribution is 5.69. The Balaban J connectivity index is 1.31. The van der Waals surface area contributed by atoms with Crippen LogP contribution in [-0.4, -0.2) is 55.9 Å². The van der Waals surface area contributed by atoms with Crippen LogP contribution in [-0.2, 0) is 11.2 Å². The maximum absolute atomic E-state index is 10.7. The second kappa shape index (κ2) is 10.3. The SMILES string of the molecule is CCCc1c(-c2nc(-c3ccc(C(O)CN4CC[C@H]4OC(=O)O)cc3)no2)noc1-c1ccccc1. The van der Waals surface area contributed by atoms with Crippen LogP contribution in [0.15, 0.2) is 63.6 Å². The fourth-order valence-electron chi connectivity index (χ4n) is 4.27. The second-order valence-electron chi connectivity index (χ2n) is 8.64. The van der Waals surface area contributed by atoms with Gasteiger partial charge in [0.15, 0.2) is 17.7 Å². The molecule has 1 saturated heterocycles. The van der Waals surface area contributed by atoms with Gasteiger partial charge in [0.05, 0.1) is 6.10 Å². The van der Waals surface area contributed by atoms with Gasteiger partial charge in [-0.15, -0.1) is 0 Å². The fraction of sp³-hybridized carbons (Fsp3) is 0.308. The fourth-order valence-corrected chi connectivity index (χ4v) is 4.27. The maximum atomic E-state index is 10.7. The number of benzene rings is 2. The Bertz CT molecular complexity index is 1320. The third kappa shape index (κ3) is 4.86. The summed E-state index contributed by atoms with van der Waals surface area (Å²) in [5.74, 6) is 1.38. The minimum absolute atomic E-state index is 0.278. The lowest BCUT2D eigenvalue weighted by Crippen LogP contribution is -2.51. The number of hydrogen-bond acceptors (Lipinski definition) is 9. The molecule has 10 nitrogen and oxygen atoms in total. The summed E-state index contributed by atoms with van der Waals surface area (Å²) in [4.78, 5) is 17.1. The number of aromatic nitrogens is 3. The van der Waals surface area contributed by atoms with E-state index in [2.05, 4.69) is 22.2 Å². The van der Waals surface area contributed by atoms with Gasteiger partial charge in [-0.2, -0.15) is 4.98 Å². The lowest BCUT2D eigenvalue weighted by molar-refractivity contribution is -0.109. The number of β-amino-alcohol motifs (C(OH)–C–C–N with tert-alkyl or cyclic N) is 1. The van der Waals surface area contributed by atoms with E-state index in [0.717, 1.165) is 29.5 Å². The summed E-state index contributed by atoms with van der Waals surface area (Å²) in [6.45, 7) is 3.04. The predicted molar refractivity (Wildman–Crippen MR) is 129 cm³/mol. The zero-order valence-electron chi connectivity index (χ0n) is 19.7. The smallest absolute Gasteiger partial charge is 0.450 e. The molecule has 4 aromatic rings. The van der Waals surface area contributed by atoms with E-state index in [1.807, 2.05) is 30.3 Å². The topological polar surface area (TPSA) is 135 Å². The summed E-state index contributed by atoms with van der Waals surface area (Å²) >= 11 is 0. The molecule has 1 unspecified atom stereocenters. The number of rotatable bonds is 9. The van der Waals surface area contributed by atoms with Gasteiger partial charge in [0, 0.05) is 36.2 Å². The van der Waals surface area contributed by atoms with E-state index < -0.39 is 18.5 Å². The van der Waals surface area contributed by atoms with E-state index in [9.17, 15) is 9.90 Å². The number of carbonyl (C=O) groups is 1. The molecule has 0 spiro atoms. The molecule has 10 heteroatoms. The van der Waals surface area contributed by atoms with Crippen LogP contribution in [0, 0.1) is 0 Å². The molecule has 186 valence electrons. The maximum Gasteiger partial charge on any atom is 0.507 e. The average molecular weight is 491 g/mol. The highest BCUT2D eigenvalue weighted by Gasteiger charge is 2.33. The number of aliphatic hydroxyl groups excluding tert-OH is 1. The van der Waals surface area contributed by atoms with Crippen LogP contribution >= 0.6 is 0 Å². The van der Waals surface area contributed by atoms with Gasteiger partial charge in [-0.3, -0.25) is 4.90 Å². The number of nitrogens with zero attached hydrogens (tertiary/aromatic N) is 4. The zero-order chi connectivity index (χ0) is 25.1. The van der Waals surface area contributed by atoms with Crippen molar-refractivity contribution in [3.63, 3.8) is 0 Å². The van der Waals surface area contributed by atoms with Gasteiger partial charge in [0.25, 0.3) is 5.89 Å². The van der Waals surface area contributed by atoms with Crippen molar-refractivity contribution in [1.82, 2.24) is 20.2 Å². The highest BCUT2D eigenvalue weighted by atomic mass is 16.7. The first-order valence-electron chi connectivity index (χ1n) is 11.8. The third-order valence-corrected chi connectivity index (χ3v) is 6.22. The van der Waals surface area contributed by atoms with E-state index in [-0.39, 0.29) is 12.4 Å². The second-order valence-corrected chi connectivity index (χ2v) is 8.64. The molecule has 2 N–H and O–H groups in total. The molecule has 2 atom stereocenters. The standard InChI is InChI=1S/C26H26N4O6/c1-2-6-19-22(28-35-23(19)17-7-4-3-5-8-17)25-27-24(29-36-25)18-11-9-16(10-12-18)20(31)15-30-14-13-21(30)34-26(32)33/h3-5,7-12,20-21,31H,2,6,13-15H2,1H3,(H,32,33)/t20?,21-/m1/s1. The van der Waals surface area contributed by atoms with Crippen LogP contribution in [0.5, 0.6) is 0 Å². The molecule has 2 aromatic carbocycles. The van der Waals surface area contributed by atoms with Gasteiger partial charge in [-0.25, -0.2) is 4.79 Å². The molecule has 0 saturated carbocycles. The largest absolute Gasteiger partial charge is 0.507 e. The zero-order valence-corrected chi connectivity index (χ0v) is 19.7. The minimum atomic E-state index is -1.31. The van der Waals surface area contributed by atoms with Gasteiger partial charge in [0.1, 0.15) is 0 Å². The Labute approximate surface area is 207 Å². The van der Waals surface area contributed by atoms with Crippen molar-refractivity contribution in [1.29, 1.82) is 0 Å². The first-order valence-corrected chi connectivity index (χ1v) is 11.8. The van der Waals surface area contributed by atoms with E-state index in [1.165, 1.54) is 0 Å². The summed E-state index contributed by atoms with van der Waals surface area (Å²) < 4.78 is 16.0. The van der Waals surface area contributed by atoms with E-state index in [1.54, 1.807) is 29.2 Å². The third-order valence-electron chi connectivity index (χ3n) is 6.22. The first-order chi connectivity index (χ1) is 17.5. The predicted octanol–water partition coefficient (Wildman–Crippen LogP) is 4.77. The molecule has 3 heterocycles. The lowest BCUT2D eigenvalue weighted by Gasteiger charge is -2.40. The van der Waals surface area contributed by atoms with Gasteiger partial charge in [-0.1, -0.05) is 78.3 Å². The van der Waals surface area contributed by atoms with E-state index in [4.69, 9.17) is 18.9 Å². The molecular formula is C26H26N4O6. The van der Waals surface area contributed by atoms with Gasteiger partial charge >= 0.3 is 6.16 Å². The monoisotopic (exact) mass is 490 g/mol. The molecular weight excluding hydrogens is 464 g/mol. The number of aliphatic hydroxyl groups is 1. The Morgan fingerprint density at radius 2 is 1.89 bits per heavy atom. The van der Waals surface area contributed by atoms with Crippen LogP contribution in [0.3, 0.4) is 0 Å². The Kier molecular flexibility index (Phi) is 6.79. The molecule has 0 aliphatic carbocycles. The molecule has 36 heavy (non-hydrogen) atoms. The van der Waals surface area contributed by atoms with Crippen molar-refractivity contribution in [3.05, 3.63) is 65.7 Å². The highest BCUT2D eigenvalue weighted by Crippen LogP contribution is 2.33. The van der Waals surface area contributed by atoms with Crippen molar-refractivity contribution in [2.45, 2.75) is 38.5 Å². The molecule has 1 aliphatic heterocycles. The average Bonchev–Trinajstić information content (AvgIpc) is 3.53. The molecule has 0 amide bonds. The van der Waals surface area contributed by atoms with Gasteiger partial charge in [0.2, 0.25) is 5.82 Å². The van der Waals surface area contributed by atoms with Crippen LogP contribution in [0.2, 0.25) is 0 Å². The number of hydrogen-bond donors (Lipinski definition) is 2. The van der Waals surface area contributed by atoms with Gasteiger partial charge < -0.3 is 24.0 Å². The van der Waals surface area contributed by atoms with Crippen molar-refractivity contribution in [3.8, 4) is 34.3 Å². The summed E-state index contributed by atoms with van der Waals surface area (Å²) in [6.07, 6.45) is -0.334. The number of ether oxygens (including phenoxy) is 1. The summed E-state index contributed by atoms with van der Waals surface area (Å²) in [5.41, 5.74) is 3.81. The number of likely N-dealkylation sites (tertiary alicyclic amines) is 1. The molecule has 1 fully saturated rings. The molecule has 1 aliphatic rings. The minimum Gasteiger partial charge on any atom is -0.450 e. The Morgan fingerprint density at radius 3 is 2.56 bits per heavy atom. The van der Waals surface area contributed by atoms with Crippen LogP contribution in [0.1, 0.15) is 37.0 Å². The summed E-state index contributed by atoms with van der Waals surface area (Å²) in [7, 11) is 0. The molecule has 0 radical (unpaired) electrons. The summed E-state index contributed by atoms with van der Waals surface area (Å²) in [6, 6.07) is 17.0. The molecule has 2 aromatic heterocycles. The molecule has 5 rings (SSSR count). The van der Waals surface area contributed by atoms with Crippen molar-refractivity contribution in [2.24, 2.45) is 0 Å². The lowest BCUT2D eigenvalue weighted by atomic mass is 10.0. The van der Waals surface area contributed by atoms with Crippen LogP contribution < -0.4 is 0 Å². The van der Waals surface area contributed by atoms with E-state index >= 15 is 0 Å². The van der Waals surface area contributed by atoms with Crippen molar-refractivity contribution < 1.29 is 28.8 Å². The molecule has 0 bridgehead atoms. The Hall–Kier alpha value is -4.02. The van der Waals surface area contributed by atoms with Crippen LogP contribution in [0.4, 0.5) is 4.79 Å². The Morgan fingerprint density at radius 1 is 1.11 bits per heavy atom. The van der Waals surface area contributed by atoms with E-state index in [0.29, 0.717) is 35.8 Å². The quantitative estimate of drug-likeness (QED) is 0.316.